The molecule has 2 aromatic carbocycles. The molecule has 2 rings (SSSR count). The van der Waals surface area contributed by atoms with Crippen LogP contribution in [-0.2, 0) is 6.42 Å². The van der Waals surface area contributed by atoms with Crippen LogP contribution >= 0.6 is 0 Å². The molecule has 0 amide bonds. The summed E-state index contributed by atoms with van der Waals surface area (Å²) in [6, 6.07) is 10.9. The summed E-state index contributed by atoms with van der Waals surface area (Å²) in [5, 5.41) is 2.93. The van der Waals surface area contributed by atoms with Crippen LogP contribution in [0.5, 0.6) is 0 Å². The topological polar surface area (TPSA) is 38.0 Å². The molecule has 0 unspecified atom stereocenters. The molecule has 0 fully saturated rings. The van der Waals surface area contributed by atoms with Crippen LogP contribution in [0.15, 0.2) is 42.5 Å². The number of benzene rings is 2. The van der Waals surface area contributed by atoms with Gasteiger partial charge in [-0.3, -0.25) is 0 Å². The molecule has 2 nitrogen and oxygen atoms in total. The summed E-state index contributed by atoms with van der Waals surface area (Å²) in [4.78, 5) is 0. The van der Waals surface area contributed by atoms with Gasteiger partial charge in [0, 0.05) is 6.54 Å². The van der Waals surface area contributed by atoms with E-state index >= 15 is 0 Å². The van der Waals surface area contributed by atoms with Crippen molar-refractivity contribution in [2.45, 2.75) is 6.42 Å². The van der Waals surface area contributed by atoms with Gasteiger partial charge in [-0.1, -0.05) is 18.2 Å². The molecule has 0 radical (unpaired) electrons. The Kier molecular flexibility index (Phi) is 3.77. The van der Waals surface area contributed by atoms with Gasteiger partial charge in [0.25, 0.3) is 0 Å². The van der Waals surface area contributed by atoms with Crippen LogP contribution in [0.1, 0.15) is 5.56 Å². The van der Waals surface area contributed by atoms with Gasteiger partial charge in [-0.25, -0.2) is 8.78 Å². The number of nitrogen functional groups attached to an aromatic ring is 1. The molecule has 4 heteroatoms. The molecule has 0 aliphatic heterocycles. The van der Waals surface area contributed by atoms with E-state index in [0.29, 0.717) is 24.3 Å². The van der Waals surface area contributed by atoms with Gasteiger partial charge in [-0.05, 0) is 36.2 Å². The van der Waals surface area contributed by atoms with Crippen molar-refractivity contribution in [2.75, 3.05) is 17.6 Å². The molecule has 2 aromatic rings. The minimum atomic E-state index is -0.380. The number of halogens is 2. The van der Waals surface area contributed by atoms with E-state index in [1.165, 1.54) is 18.2 Å². The highest BCUT2D eigenvalue weighted by Crippen LogP contribution is 2.21. The number of para-hydroxylation sites is 1. The highest BCUT2D eigenvalue weighted by molar-refractivity contribution is 5.66. The highest BCUT2D eigenvalue weighted by atomic mass is 19.1. The van der Waals surface area contributed by atoms with Crippen molar-refractivity contribution in [1.82, 2.24) is 0 Å². The van der Waals surface area contributed by atoms with Gasteiger partial charge in [0.05, 0.1) is 11.4 Å². The van der Waals surface area contributed by atoms with Crippen molar-refractivity contribution in [3.63, 3.8) is 0 Å². The van der Waals surface area contributed by atoms with Crippen LogP contribution in [-0.4, -0.2) is 6.54 Å². The van der Waals surface area contributed by atoms with Gasteiger partial charge in [0.15, 0.2) is 0 Å². The Morgan fingerprint density at radius 3 is 2.56 bits per heavy atom. The maximum absolute atomic E-state index is 13.4. The maximum atomic E-state index is 13.4. The number of hydrogen-bond acceptors (Lipinski definition) is 2. The van der Waals surface area contributed by atoms with Crippen molar-refractivity contribution >= 4 is 11.4 Å². The third-order valence-corrected chi connectivity index (χ3v) is 2.65. The fourth-order valence-corrected chi connectivity index (χ4v) is 1.75. The predicted octanol–water partition coefficient (Wildman–Crippen LogP) is 3.20. The summed E-state index contributed by atoms with van der Waals surface area (Å²) in [5.41, 5.74) is 7.19. The Morgan fingerprint density at radius 1 is 1.06 bits per heavy atom. The highest BCUT2D eigenvalue weighted by Gasteiger charge is 2.04. The quantitative estimate of drug-likeness (QED) is 0.815. The lowest BCUT2D eigenvalue weighted by Gasteiger charge is -2.10. The first-order chi connectivity index (χ1) is 8.66. The molecular weight excluding hydrogens is 234 g/mol. The van der Waals surface area contributed by atoms with Crippen LogP contribution in [0.2, 0.25) is 0 Å². The maximum Gasteiger partial charge on any atom is 0.148 e. The van der Waals surface area contributed by atoms with E-state index in [-0.39, 0.29) is 11.6 Å². The van der Waals surface area contributed by atoms with Gasteiger partial charge >= 0.3 is 0 Å². The first-order valence-electron chi connectivity index (χ1n) is 5.69. The van der Waals surface area contributed by atoms with E-state index in [9.17, 15) is 8.78 Å². The summed E-state index contributed by atoms with van der Waals surface area (Å²) < 4.78 is 26.4. The minimum absolute atomic E-state index is 0.266. The van der Waals surface area contributed by atoms with E-state index in [1.54, 1.807) is 18.2 Å². The smallest absolute Gasteiger partial charge is 0.148 e. The van der Waals surface area contributed by atoms with Gasteiger partial charge in [-0.15, -0.1) is 0 Å². The molecule has 0 aliphatic carbocycles. The Hall–Kier alpha value is -2.10. The Balaban J connectivity index is 1.97. The number of anilines is 2. The van der Waals surface area contributed by atoms with E-state index in [4.69, 9.17) is 5.73 Å². The fourth-order valence-electron chi connectivity index (χ4n) is 1.75. The molecular formula is C14H14F2N2. The fraction of sp³-hybridized carbons (Fsp3) is 0.143. The summed E-state index contributed by atoms with van der Waals surface area (Å²) in [6.07, 6.45) is 0.603. The number of nitrogens with one attached hydrogen (secondary N) is 1. The zero-order valence-corrected chi connectivity index (χ0v) is 9.79. The average Bonchev–Trinajstić information content (AvgIpc) is 2.33. The molecule has 0 aliphatic rings. The van der Waals surface area contributed by atoms with Crippen LogP contribution in [0.3, 0.4) is 0 Å². The van der Waals surface area contributed by atoms with Crippen molar-refractivity contribution in [3.8, 4) is 0 Å². The second kappa shape index (κ2) is 5.49. The van der Waals surface area contributed by atoms with E-state index < -0.39 is 0 Å². The predicted molar refractivity (Wildman–Crippen MR) is 69.4 cm³/mol. The lowest BCUT2D eigenvalue weighted by Crippen LogP contribution is -2.08. The van der Waals surface area contributed by atoms with Crippen LogP contribution in [0.4, 0.5) is 20.2 Å². The lowest BCUT2D eigenvalue weighted by atomic mass is 10.1. The lowest BCUT2D eigenvalue weighted by molar-refractivity contribution is 0.624. The molecule has 0 aromatic heterocycles. The normalized spacial score (nSPS) is 10.3. The van der Waals surface area contributed by atoms with E-state index in [1.807, 2.05) is 6.07 Å². The largest absolute Gasteiger partial charge is 0.397 e. The Labute approximate surface area is 104 Å². The summed E-state index contributed by atoms with van der Waals surface area (Å²) >= 11 is 0. The third kappa shape index (κ3) is 2.97. The molecule has 0 saturated heterocycles. The van der Waals surface area contributed by atoms with Crippen molar-refractivity contribution in [2.24, 2.45) is 0 Å². The summed E-state index contributed by atoms with van der Waals surface area (Å²) in [6.45, 7) is 0.495. The number of hydrogen-bond donors (Lipinski definition) is 2. The Bertz CT molecular complexity index is 521. The molecule has 94 valence electrons. The van der Waals surface area contributed by atoms with Crippen LogP contribution in [0, 0.1) is 11.6 Å². The van der Waals surface area contributed by atoms with Crippen LogP contribution in [0.25, 0.3) is 0 Å². The standard InChI is InChI=1S/C14H14F2N2/c15-11-4-1-3-10(9-11)7-8-18-14-12(16)5-2-6-13(14)17/h1-6,9,18H,7-8,17H2. The second-order valence-corrected chi connectivity index (χ2v) is 4.01. The molecule has 0 heterocycles. The van der Waals surface area contributed by atoms with Gasteiger partial charge < -0.3 is 11.1 Å². The zero-order chi connectivity index (χ0) is 13.0. The first-order valence-corrected chi connectivity index (χ1v) is 5.69. The van der Waals surface area contributed by atoms with Gasteiger partial charge in [0.1, 0.15) is 11.6 Å². The van der Waals surface area contributed by atoms with Crippen molar-refractivity contribution < 1.29 is 8.78 Å². The second-order valence-electron chi connectivity index (χ2n) is 4.01. The summed E-state index contributed by atoms with van der Waals surface area (Å²) in [7, 11) is 0. The monoisotopic (exact) mass is 248 g/mol. The average molecular weight is 248 g/mol. The molecule has 0 bridgehead atoms. The van der Waals surface area contributed by atoms with Gasteiger partial charge in [0.2, 0.25) is 0 Å². The van der Waals surface area contributed by atoms with Crippen molar-refractivity contribution in [3.05, 3.63) is 59.7 Å². The van der Waals surface area contributed by atoms with Crippen LogP contribution < -0.4 is 11.1 Å². The number of rotatable bonds is 4. The molecule has 0 spiro atoms. The van der Waals surface area contributed by atoms with Gasteiger partial charge in [-0.2, -0.15) is 0 Å². The minimum Gasteiger partial charge on any atom is -0.397 e. The van der Waals surface area contributed by atoms with E-state index in [0.717, 1.165) is 5.56 Å². The summed E-state index contributed by atoms with van der Waals surface area (Å²) in [5.74, 6) is -0.646. The molecule has 0 atom stereocenters. The van der Waals surface area contributed by atoms with Crippen molar-refractivity contribution in [1.29, 1.82) is 0 Å². The Morgan fingerprint density at radius 2 is 1.83 bits per heavy atom. The molecule has 3 N–H and O–H groups in total. The molecule has 0 saturated carbocycles. The first kappa shape index (κ1) is 12.4. The third-order valence-electron chi connectivity index (χ3n) is 2.65. The molecule has 18 heavy (non-hydrogen) atoms. The van der Waals surface area contributed by atoms with E-state index in [2.05, 4.69) is 5.32 Å². The zero-order valence-electron chi connectivity index (χ0n) is 9.79. The SMILES string of the molecule is Nc1cccc(F)c1NCCc1cccc(F)c1. The number of nitrogens with two attached hydrogens (primary N) is 1.